The fraction of sp³-hybridized carbons (Fsp3) is 0.846. The Balaban J connectivity index is 2.12. The molecule has 0 aromatic rings. The average Bonchev–Trinajstić information content (AvgIpc) is 2.51. The van der Waals surface area contributed by atoms with Gasteiger partial charge in [0.25, 0.3) is 5.91 Å². The summed E-state index contributed by atoms with van der Waals surface area (Å²) in [7, 11) is 0. The maximum absolute atomic E-state index is 11.7. The van der Waals surface area contributed by atoms with Crippen LogP contribution in [0, 0.1) is 5.92 Å². The Labute approximate surface area is 98.9 Å². The van der Waals surface area contributed by atoms with Crippen LogP contribution in [-0.2, 0) is 4.79 Å². The van der Waals surface area contributed by atoms with E-state index in [9.17, 15) is 4.79 Å². The number of unbranched alkanes of at least 4 members (excludes halogenated alkanes) is 5. The normalized spacial score (nSPS) is 20.4. The van der Waals surface area contributed by atoms with Gasteiger partial charge in [0.15, 0.2) is 0 Å². The lowest BCUT2D eigenvalue weighted by atomic mass is 10.1. The van der Waals surface area contributed by atoms with Crippen LogP contribution in [0.3, 0.4) is 0 Å². The Kier molecular flexibility index (Phi) is 5.50. The molecule has 1 unspecified atom stereocenters. The van der Waals surface area contributed by atoms with Crippen molar-refractivity contribution in [2.24, 2.45) is 11.0 Å². The van der Waals surface area contributed by atoms with Crippen molar-refractivity contribution in [1.29, 1.82) is 0 Å². The maximum atomic E-state index is 11.7. The summed E-state index contributed by atoms with van der Waals surface area (Å²) in [4.78, 5) is 11.7. The number of hydrogen-bond acceptors (Lipinski definition) is 2. The fourth-order valence-electron chi connectivity index (χ4n) is 1.93. The fourth-order valence-corrected chi connectivity index (χ4v) is 1.93. The highest BCUT2D eigenvalue weighted by Crippen LogP contribution is 2.16. The molecule has 1 atom stereocenters. The van der Waals surface area contributed by atoms with Crippen molar-refractivity contribution < 1.29 is 4.79 Å². The molecular weight excluding hydrogens is 200 g/mol. The minimum atomic E-state index is 0.0000846. The summed E-state index contributed by atoms with van der Waals surface area (Å²) in [5, 5.41) is 5.94. The molecule has 3 heteroatoms. The van der Waals surface area contributed by atoms with E-state index < -0.39 is 0 Å². The summed E-state index contributed by atoms with van der Waals surface area (Å²) in [6, 6.07) is 0. The number of carbonyl (C=O) groups is 1. The summed E-state index contributed by atoms with van der Waals surface area (Å²) in [6.07, 6.45) is 7.52. The van der Waals surface area contributed by atoms with Crippen LogP contribution in [0.25, 0.3) is 0 Å². The smallest absolute Gasteiger partial charge is 0.251 e. The van der Waals surface area contributed by atoms with Crippen LogP contribution in [0.1, 0.15) is 59.3 Å². The highest BCUT2D eigenvalue weighted by Gasteiger charge is 2.28. The molecular formula is C13H24N2O. The molecule has 1 amide bonds. The molecule has 1 heterocycles. The molecule has 16 heavy (non-hydrogen) atoms. The van der Waals surface area contributed by atoms with Crippen LogP contribution >= 0.6 is 0 Å². The highest BCUT2D eigenvalue weighted by atomic mass is 16.2. The van der Waals surface area contributed by atoms with Crippen LogP contribution in [0.15, 0.2) is 5.10 Å². The zero-order valence-corrected chi connectivity index (χ0v) is 10.8. The van der Waals surface area contributed by atoms with Gasteiger partial charge in [0.05, 0.1) is 5.92 Å². The van der Waals surface area contributed by atoms with E-state index in [-0.39, 0.29) is 11.8 Å². The molecule has 1 aliphatic rings. The van der Waals surface area contributed by atoms with E-state index in [1.807, 2.05) is 13.8 Å². The second-order valence-electron chi connectivity index (χ2n) is 4.69. The number of hydrazone groups is 1. The molecule has 3 nitrogen and oxygen atoms in total. The van der Waals surface area contributed by atoms with Crippen molar-refractivity contribution in [1.82, 2.24) is 5.01 Å². The quantitative estimate of drug-likeness (QED) is 0.611. The third-order valence-corrected chi connectivity index (χ3v) is 3.25. The Morgan fingerprint density at radius 1 is 1.19 bits per heavy atom. The standard InChI is InChI=1S/C13H24N2O/c1-4-5-6-7-8-9-10-15-13(16)11(2)12(3)14-15/h11H,4-10H2,1-3H3. The molecule has 0 saturated heterocycles. The van der Waals surface area contributed by atoms with Gasteiger partial charge in [0.2, 0.25) is 0 Å². The largest absolute Gasteiger partial charge is 0.272 e. The topological polar surface area (TPSA) is 32.7 Å². The SMILES string of the molecule is CCCCCCCCN1N=C(C)C(C)C1=O. The Morgan fingerprint density at radius 3 is 2.38 bits per heavy atom. The van der Waals surface area contributed by atoms with E-state index in [0.29, 0.717) is 0 Å². The molecule has 0 aromatic carbocycles. The number of amides is 1. The Bertz CT molecular complexity index is 261. The molecule has 0 radical (unpaired) electrons. The van der Waals surface area contributed by atoms with Crippen LogP contribution in [-0.4, -0.2) is 23.2 Å². The van der Waals surface area contributed by atoms with Gasteiger partial charge >= 0.3 is 0 Å². The summed E-state index contributed by atoms with van der Waals surface area (Å²) in [5.41, 5.74) is 0.955. The van der Waals surface area contributed by atoms with Gasteiger partial charge in [0, 0.05) is 12.3 Å². The van der Waals surface area contributed by atoms with Crippen molar-refractivity contribution >= 4 is 11.6 Å². The molecule has 0 saturated carbocycles. The molecule has 0 fully saturated rings. The van der Waals surface area contributed by atoms with Crippen molar-refractivity contribution in [2.75, 3.05) is 6.54 Å². The van der Waals surface area contributed by atoms with Gasteiger partial charge in [-0.05, 0) is 20.3 Å². The lowest BCUT2D eigenvalue weighted by Crippen LogP contribution is -2.26. The second kappa shape index (κ2) is 6.66. The predicted octanol–water partition coefficient (Wildman–Crippen LogP) is 3.20. The van der Waals surface area contributed by atoms with Gasteiger partial charge in [-0.2, -0.15) is 5.10 Å². The highest BCUT2D eigenvalue weighted by molar-refractivity contribution is 6.06. The third-order valence-electron chi connectivity index (χ3n) is 3.25. The van der Waals surface area contributed by atoms with Gasteiger partial charge in [-0.15, -0.1) is 0 Å². The first-order valence-electron chi connectivity index (χ1n) is 6.53. The number of rotatable bonds is 7. The van der Waals surface area contributed by atoms with E-state index in [0.717, 1.165) is 18.7 Å². The molecule has 0 aromatic heterocycles. The molecule has 0 aliphatic carbocycles. The monoisotopic (exact) mass is 224 g/mol. The Hall–Kier alpha value is -0.860. The van der Waals surface area contributed by atoms with Gasteiger partial charge in [-0.3, -0.25) is 4.79 Å². The van der Waals surface area contributed by atoms with Gasteiger partial charge in [-0.1, -0.05) is 39.0 Å². The van der Waals surface area contributed by atoms with Crippen LogP contribution in [0.4, 0.5) is 0 Å². The van der Waals surface area contributed by atoms with Gasteiger partial charge < -0.3 is 0 Å². The predicted molar refractivity (Wildman–Crippen MR) is 67.4 cm³/mol. The van der Waals surface area contributed by atoms with Crippen molar-refractivity contribution in [2.45, 2.75) is 59.3 Å². The summed E-state index contributed by atoms with van der Waals surface area (Å²) in [5.74, 6) is 0.172. The first-order chi connectivity index (χ1) is 7.66. The molecule has 0 N–H and O–H groups in total. The van der Waals surface area contributed by atoms with Crippen molar-refractivity contribution in [3.63, 3.8) is 0 Å². The number of hydrogen-bond donors (Lipinski definition) is 0. The van der Waals surface area contributed by atoms with Gasteiger partial charge in [0.1, 0.15) is 0 Å². The molecule has 1 rings (SSSR count). The minimum absolute atomic E-state index is 0.0000846. The van der Waals surface area contributed by atoms with Crippen molar-refractivity contribution in [3.05, 3.63) is 0 Å². The third kappa shape index (κ3) is 3.62. The van der Waals surface area contributed by atoms with E-state index >= 15 is 0 Å². The van der Waals surface area contributed by atoms with E-state index in [2.05, 4.69) is 12.0 Å². The van der Waals surface area contributed by atoms with E-state index in [1.54, 1.807) is 5.01 Å². The zero-order chi connectivity index (χ0) is 12.0. The lowest BCUT2D eigenvalue weighted by Gasteiger charge is -2.12. The van der Waals surface area contributed by atoms with E-state index in [1.165, 1.54) is 32.1 Å². The first-order valence-corrected chi connectivity index (χ1v) is 6.53. The average molecular weight is 224 g/mol. The Morgan fingerprint density at radius 2 is 1.81 bits per heavy atom. The van der Waals surface area contributed by atoms with E-state index in [4.69, 9.17) is 0 Å². The van der Waals surface area contributed by atoms with Gasteiger partial charge in [-0.25, -0.2) is 5.01 Å². The minimum Gasteiger partial charge on any atom is -0.272 e. The van der Waals surface area contributed by atoms with Crippen LogP contribution in [0.5, 0.6) is 0 Å². The zero-order valence-electron chi connectivity index (χ0n) is 10.8. The molecule has 92 valence electrons. The summed E-state index contributed by atoms with van der Waals surface area (Å²) >= 11 is 0. The number of carbonyl (C=O) groups excluding carboxylic acids is 1. The van der Waals surface area contributed by atoms with Crippen LogP contribution in [0.2, 0.25) is 0 Å². The second-order valence-corrected chi connectivity index (χ2v) is 4.69. The first kappa shape index (κ1) is 13.2. The molecule has 0 spiro atoms. The van der Waals surface area contributed by atoms with Crippen LogP contribution < -0.4 is 0 Å². The molecule has 0 bridgehead atoms. The molecule has 1 aliphatic heterocycles. The summed E-state index contributed by atoms with van der Waals surface area (Å²) in [6.45, 7) is 6.89. The lowest BCUT2D eigenvalue weighted by molar-refractivity contribution is -0.131. The number of nitrogens with zero attached hydrogens (tertiary/aromatic N) is 2. The maximum Gasteiger partial charge on any atom is 0.251 e. The van der Waals surface area contributed by atoms with Crippen molar-refractivity contribution in [3.8, 4) is 0 Å². The summed E-state index contributed by atoms with van der Waals surface area (Å²) < 4.78 is 0.